The van der Waals surface area contributed by atoms with Gasteiger partial charge in [0.1, 0.15) is 5.52 Å². The highest BCUT2D eigenvalue weighted by molar-refractivity contribution is 5.94. The van der Waals surface area contributed by atoms with Crippen molar-refractivity contribution >= 4 is 22.9 Å². The quantitative estimate of drug-likeness (QED) is 0.398. The van der Waals surface area contributed by atoms with E-state index in [0.29, 0.717) is 18.7 Å². The van der Waals surface area contributed by atoms with Gasteiger partial charge in [0.15, 0.2) is 0 Å². The zero-order valence-electron chi connectivity index (χ0n) is 21.7. The van der Waals surface area contributed by atoms with Crippen molar-refractivity contribution in [1.29, 1.82) is 0 Å². The smallest absolute Gasteiger partial charge is 0.304 e. The van der Waals surface area contributed by atoms with E-state index >= 15 is 0 Å². The van der Waals surface area contributed by atoms with Crippen molar-refractivity contribution in [2.75, 3.05) is 6.54 Å². The van der Waals surface area contributed by atoms with Gasteiger partial charge in [-0.3, -0.25) is 9.59 Å². The molecule has 9 rings (SSSR count). The van der Waals surface area contributed by atoms with Crippen LogP contribution in [-0.2, 0) is 30.7 Å². The number of carboxylic acid groups (broad SMARTS) is 1. The number of aromatic nitrogens is 3. The van der Waals surface area contributed by atoms with Gasteiger partial charge in [0.05, 0.1) is 11.9 Å². The zero-order chi connectivity index (χ0) is 26.2. The van der Waals surface area contributed by atoms with Crippen LogP contribution in [0.3, 0.4) is 0 Å². The fourth-order valence-corrected chi connectivity index (χ4v) is 6.04. The van der Waals surface area contributed by atoms with Crippen molar-refractivity contribution in [3.63, 3.8) is 0 Å². The third-order valence-electron chi connectivity index (χ3n) is 8.20. The number of benzene rings is 3. The van der Waals surface area contributed by atoms with Crippen molar-refractivity contribution in [3.8, 4) is 0 Å². The van der Waals surface area contributed by atoms with Crippen molar-refractivity contribution in [2.45, 2.75) is 64.5 Å². The first-order chi connectivity index (χ1) is 18.5. The summed E-state index contributed by atoms with van der Waals surface area (Å²) in [6.07, 6.45) is 4.91. The second kappa shape index (κ2) is 10.0. The number of nitrogens with zero attached hydrogens (tertiary/aromatic N) is 4. The third-order valence-corrected chi connectivity index (χ3v) is 8.20. The topological polar surface area (TPSA) is 88.3 Å². The summed E-state index contributed by atoms with van der Waals surface area (Å²) in [4.78, 5) is 27.3. The van der Waals surface area contributed by atoms with E-state index in [9.17, 15) is 14.7 Å². The number of hydrogen-bond donors (Lipinski definition) is 1. The molecule has 1 aromatic heterocycles. The molecule has 7 heteroatoms. The molecule has 0 saturated carbocycles. The number of aliphatic carboxylic acids is 1. The minimum atomic E-state index is -0.846. The lowest BCUT2D eigenvalue weighted by atomic mass is 9.83. The van der Waals surface area contributed by atoms with Crippen LogP contribution in [0.1, 0.15) is 75.3 Å². The molecule has 7 nitrogen and oxygen atoms in total. The first-order valence-corrected chi connectivity index (χ1v) is 13.5. The molecule has 5 aliphatic rings. The fraction of sp³-hybridized carbons (Fsp3) is 0.355. The van der Waals surface area contributed by atoms with Crippen LogP contribution in [0.2, 0.25) is 0 Å². The molecule has 9 bridgehead atoms. The van der Waals surface area contributed by atoms with E-state index in [0.717, 1.165) is 71.9 Å². The molecule has 0 fully saturated rings. The van der Waals surface area contributed by atoms with Crippen LogP contribution in [0, 0.1) is 6.92 Å². The van der Waals surface area contributed by atoms with E-state index < -0.39 is 5.97 Å². The lowest BCUT2D eigenvalue weighted by molar-refractivity contribution is -0.137. The Morgan fingerprint density at radius 3 is 2.63 bits per heavy atom. The second-order valence-electron chi connectivity index (χ2n) is 10.6. The molecular weight excluding hydrogens is 476 g/mol. The second-order valence-corrected chi connectivity index (χ2v) is 10.6. The maximum Gasteiger partial charge on any atom is 0.304 e. The van der Waals surface area contributed by atoms with Crippen molar-refractivity contribution < 1.29 is 14.7 Å². The average Bonchev–Trinajstić information content (AvgIpc) is 3.34. The average molecular weight is 509 g/mol. The van der Waals surface area contributed by atoms with Gasteiger partial charge < -0.3 is 10.0 Å². The Balaban J connectivity index is 1.44. The van der Waals surface area contributed by atoms with Crippen LogP contribution < -0.4 is 0 Å². The van der Waals surface area contributed by atoms with E-state index in [1.165, 1.54) is 11.1 Å². The van der Waals surface area contributed by atoms with Crippen LogP contribution in [0.15, 0.2) is 54.6 Å². The monoisotopic (exact) mass is 508 g/mol. The molecule has 194 valence electrons. The number of carboxylic acids is 1. The van der Waals surface area contributed by atoms with Crippen LogP contribution in [-0.4, -0.2) is 43.4 Å². The minimum Gasteiger partial charge on any atom is -0.481 e. The Labute approximate surface area is 222 Å². The molecule has 5 aliphatic heterocycles. The molecule has 1 amide bonds. The predicted molar refractivity (Wildman–Crippen MR) is 145 cm³/mol. The van der Waals surface area contributed by atoms with Crippen molar-refractivity contribution in [2.24, 2.45) is 0 Å². The SMILES string of the molecule is Cc1c2ccc3c1nnn3CCCCCc1ccc(cc1)C(=O)N1CCc3ccc(cc3C1)[C@@H]2CC(=O)O. The summed E-state index contributed by atoms with van der Waals surface area (Å²) < 4.78 is 1.97. The highest BCUT2D eigenvalue weighted by Crippen LogP contribution is 2.35. The normalized spacial score (nSPS) is 17.9. The van der Waals surface area contributed by atoms with Gasteiger partial charge in [-0.2, -0.15) is 0 Å². The van der Waals surface area contributed by atoms with Gasteiger partial charge in [-0.1, -0.05) is 48.0 Å². The summed E-state index contributed by atoms with van der Waals surface area (Å²) in [7, 11) is 0. The number of carbonyl (C=O) groups excluding carboxylic acids is 1. The van der Waals surface area contributed by atoms with Gasteiger partial charge in [0, 0.05) is 31.1 Å². The van der Waals surface area contributed by atoms with Crippen LogP contribution in [0.4, 0.5) is 0 Å². The maximum absolute atomic E-state index is 13.4. The zero-order valence-corrected chi connectivity index (χ0v) is 21.7. The van der Waals surface area contributed by atoms with Crippen molar-refractivity contribution in [3.05, 3.63) is 93.5 Å². The first kappa shape index (κ1) is 24.3. The van der Waals surface area contributed by atoms with Gasteiger partial charge >= 0.3 is 5.97 Å². The molecule has 3 aromatic carbocycles. The maximum atomic E-state index is 13.4. The molecule has 1 N–H and O–H groups in total. The number of carbonyl (C=O) groups is 2. The summed E-state index contributed by atoms with van der Waals surface area (Å²) in [5.74, 6) is -1.12. The van der Waals surface area contributed by atoms with E-state index in [2.05, 4.69) is 40.6 Å². The van der Waals surface area contributed by atoms with Crippen LogP contribution in [0.25, 0.3) is 11.0 Å². The van der Waals surface area contributed by atoms with Gasteiger partial charge in [-0.15, -0.1) is 5.10 Å². The molecule has 0 aliphatic carbocycles. The van der Waals surface area contributed by atoms with Gasteiger partial charge in [-0.25, -0.2) is 4.68 Å². The van der Waals surface area contributed by atoms with E-state index in [-0.39, 0.29) is 18.2 Å². The Hall–Kier alpha value is -4.00. The molecule has 6 heterocycles. The Kier molecular flexibility index (Phi) is 6.44. The molecule has 1 atom stereocenters. The van der Waals surface area contributed by atoms with Gasteiger partial charge in [0.2, 0.25) is 0 Å². The molecule has 0 unspecified atom stereocenters. The van der Waals surface area contributed by atoms with E-state index in [1.54, 1.807) is 0 Å². The van der Waals surface area contributed by atoms with E-state index in [1.807, 2.05) is 40.8 Å². The standard InChI is InChI=1S/C31H32N4O3/c1-20-26-12-13-28-30(20)32-33-35(28)15-4-2-3-5-21-6-8-23(9-7-21)31(38)34-16-14-22-10-11-24(17-25(22)19-34)27(26)18-29(36)37/h6-13,17,27H,2-5,14-16,18-19H2,1H3,(H,36,37)/t27-/m0/s1. The minimum absolute atomic E-state index is 0.0196. The lowest BCUT2D eigenvalue weighted by Crippen LogP contribution is -2.36. The Morgan fingerprint density at radius 2 is 1.82 bits per heavy atom. The molecule has 38 heavy (non-hydrogen) atoms. The molecule has 4 aromatic rings. The lowest BCUT2D eigenvalue weighted by Gasteiger charge is -2.30. The summed E-state index contributed by atoms with van der Waals surface area (Å²) in [6, 6.07) is 18.4. The highest BCUT2D eigenvalue weighted by Gasteiger charge is 2.26. The summed E-state index contributed by atoms with van der Waals surface area (Å²) in [6.45, 7) is 4.01. The summed E-state index contributed by atoms with van der Waals surface area (Å²) >= 11 is 0. The van der Waals surface area contributed by atoms with E-state index in [4.69, 9.17) is 0 Å². The van der Waals surface area contributed by atoms with Crippen molar-refractivity contribution in [1.82, 2.24) is 19.9 Å². The number of amides is 1. The molecular formula is C31H32N4O3. The Morgan fingerprint density at radius 1 is 0.974 bits per heavy atom. The van der Waals surface area contributed by atoms with Crippen LogP contribution >= 0.6 is 0 Å². The summed E-state index contributed by atoms with van der Waals surface area (Å²) in [5.41, 5.74) is 8.98. The summed E-state index contributed by atoms with van der Waals surface area (Å²) in [5, 5.41) is 18.8. The number of hydrogen-bond acceptors (Lipinski definition) is 4. The Bertz CT molecular complexity index is 1520. The first-order valence-electron chi connectivity index (χ1n) is 13.5. The predicted octanol–water partition coefficient (Wildman–Crippen LogP) is 5.27. The van der Waals surface area contributed by atoms with Crippen LogP contribution in [0.5, 0.6) is 0 Å². The highest BCUT2D eigenvalue weighted by atomic mass is 16.4. The van der Waals surface area contributed by atoms with Gasteiger partial charge in [0.25, 0.3) is 5.91 Å². The molecule has 0 radical (unpaired) electrons. The fourth-order valence-electron chi connectivity index (χ4n) is 6.04. The number of rotatable bonds is 2. The van der Waals surface area contributed by atoms with Gasteiger partial charge in [-0.05, 0) is 84.2 Å². The largest absolute Gasteiger partial charge is 0.481 e. The molecule has 0 saturated heterocycles. The molecule has 0 spiro atoms. The number of aryl methyl sites for hydroxylation is 3. The third kappa shape index (κ3) is 4.57.